The lowest BCUT2D eigenvalue weighted by atomic mass is 10.0. The van der Waals surface area contributed by atoms with Crippen molar-refractivity contribution in [1.29, 1.82) is 0 Å². The van der Waals surface area contributed by atoms with Crippen molar-refractivity contribution in [1.82, 2.24) is 19.8 Å². The quantitative estimate of drug-likeness (QED) is 0.764. The number of carbonyl (C=O) groups excluding carboxylic acids is 1. The highest BCUT2D eigenvalue weighted by Crippen LogP contribution is 2.20. The third-order valence-electron chi connectivity index (χ3n) is 4.56. The van der Waals surface area contributed by atoms with Crippen LogP contribution in [0, 0.1) is 0 Å². The first-order chi connectivity index (χ1) is 12.6. The molecule has 2 heterocycles. The molecule has 1 aliphatic heterocycles. The molecule has 26 heavy (non-hydrogen) atoms. The summed E-state index contributed by atoms with van der Waals surface area (Å²) in [6.07, 6.45) is 7.26. The third-order valence-corrected chi connectivity index (χ3v) is 4.56. The Kier molecular flexibility index (Phi) is 6.30. The molecule has 1 aromatic heterocycles. The molecule has 0 saturated carbocycles. The molecule has 6 nitrogen and oxygen atoms in total. The van der Waals surface area contributed by atoms with Crippen LogP contribution in [0.3, 0.4) is 0 Å². The number of aromatic nitrogens is 2. The van der Waals surface area contributed by atoms with Crippen LogP contribution < -0.4 is 0 Å². The molecule has 0 N–H and O–H groups in total. The van der Waals surface area contributed by atoms with E-state index >= 15 is 0 Å². The summed E-state index contributed by atoms with van der Waals surface area (Å²) in [6.45, 7) is 2.95. The van der Waals surface area contributed by atoms with Gasteiger partial charge >= 0.3 is 0 Å². The minimum atomic E-state index is 0.0426. The van der Waals surface area contributed by atoms with Crippen LogP contribution in [0.15, 0.2) is 43.0 Å². The van der Waals surface area contributed by atoms with Crippen molar-refractivity contribution in [2.45, 2.75) is 18.9 Å². The van der Waals surface area contributed by atoms with Crippen molar-refractivity contribution in [3.8, 4) is 11.1 Å². The molecule has 6 heteroatoms. The number of hydrogen-bond donors (Lipinski definition) is 0. The molecular formula is C20H26N4O2. The third kappa shape index (κ3) is 4.86. The van der Waals surface area contributed by atoms with E-state index in [-0.39, 0.29) is 12.0 Å². The molecular weight excluding hydrogens is 328 g/mol. The Bertz CT molecular complexity index is 715. The zero-order valence-electron chi connectivity index (χ0n) is 15.5. The van der Waals surface area contributed by atoms with Crippen LogP contribution in [-0.2, 0) is 4.74 Å². The SMILES string of the molecule is CN(C)CCN(CC1CCCO1)C(=O)c1cccc(-c2cncnc2)c1. The minimum Gasteiger partial charge on any atom is -0.376 e. The summed E-state index contributed by atoms with van der Waals surface area (Å²) in [7, 11) is 4.04. The Hall–Kier alpha value is -2.31. The van der Waals surface area contributed by atoms with Crippen LogP contribution in [0.25, 0.3) is 11.1 Å². The summed E-state index contributed by atoms with van der Waals surface area (Å²) < 4.78 is 5.75. The molecule has 0 radical (unpaired) electrons. The Morgan fingerprint density at radius 3 is 2.69 bits per heavy atom. The molecule has 1 aromatic carbocycles. The van der Waals surface area contributed by atoms with Gasteiger partial charge in [-0.3, -0.25) is 4.79 Å². The van der Waals surface area contributed by atoms with Crippen LogP contribution in [0.2, 0.25) is 0 Å². The van der Waals surface area contributed by atoms with Crippen molar-refractivity contribution in [3.05, 3.63) is 48.5 Å². The molecule has 0 spiro atoms. The summed E-state index contributed by atoms with van der Waals surface area (Å²) in [6, 6.07) is 7.67. The van der Waals surface area contributed by atoms with Crippen LogP contribution in [0.1, 0.15) is 23.2 Å². The fourth-order valence-electron chi connectivity index (χ4n) is 3.09. The predicted molar refractivity (Wildman–Crippen MR) is 101 cm³/mol. The van der Waals surface area contributed by atoms with E-state index < -0.39 is 0 Å². The van der Waals surface area contributed by atoms with Gasteiger partial charge in [-0.25, -0.2) is 9.97 Å². The first-order valence-electron chi connectivity index (χ1n) is 9.04. The smallest absolute Gasteiger partial charge is 0.254 e. The van der Waals surface area contributed by atoms with Crippen LogP contribution in [0.4, 0.5) is 0 Å². The zero-order valence-corrected chi connectivity index (χ0v) is 15.5. The van der Waals surface area contributed by atoms with Gasteiger partial charge in [-0.2, -0.15) is 0 Å². The van der Waals surface area contributed by atoms with Gasteiger partial charge in [-0.15, -0.1) is 0 Å². The van der Waals surface area contributed by atoms with Gasteiger partial charge in [0.25, 0.3) is 5.91 Å². The summed E-state index contributed by atoms with van der Waals surface area (Å²) in [5, 5.41) is 0. The molecule has 1 atom stereocenters. The number of hydrogen-bond acceptors (Lipinski definition) is 5. The van der Waals surface area contributed by atoms with Crippen LogP contribution >= 0.6 is 0 Å². The van der Waals surface area contributed by atoms with Gasteiger partial charge in [0.05, 0.1) is 6.10 Å². The Labute approximate surface area is 154 Å². The molecule has 1 fully saturated rings. The fourth-order valence-corrected chi connectivity index (χ4v) is 3.09. The number of likely N-dealkylation sites (N-methyl/N-ethyl adjacent to an activating group) is 1. The van der Waals surface area contributed by atoms with Crippen LogP contribution in [0.5, 0.6) is 0 Å². The standard InChI is InChI=1S/C20H26N4O2/c1-23(2)8-9-24(14-19-7-4-10-26-19)20(25)17-6-3-5-16(11-17)18-12-21-15-22-13-18/h3,5-6,11-13,15,19H,4,7-10,14H2,1-2H3. The van der Waals surface area contributed by atoms with Crippen molar-refractivity contribution >= 4 is 5.91 Å². The van der Waals surface area contributed by atoms with Gasteiger partial charge in [0.15, 0.2) is 0 Å². The molecule has 0 bridgehead atoms. The van der Waals surface area contributed by atoms with E-state index in [2.05, 4.69) is 14.9 Å². The molecule has 1 aliphatic rings. The molecule has 2 aromatic rings. The molecule has 3 rings (SSSR count). The topological polar surface area (TPSA) is 58.6 Å². The minimum absolute atomic E-state index is 0.0426. The molecule has 138 valence electrons. The zero-order chi connectivity index (χ0) is 18.4. The van der Waals surface area contributed by atoms with Gasteiger partial charge in [0, 0.05) is 49.8 Å². The number of nitrogens with zero attached hydrogens (tertiary/aromatic N) is 4. The summed E-state index contributed by atoms with van der Waals surface area (Å²) >= 11 is 0. The van der Waals surface area contributed by atoms with Crippen molar-refractivity contribution in [2.75, 3.05) is 40.3 Å². The number of ether oxygens (including phenoxy) is 1. The molecule has 1 saturated heterocycles. The Morgan fingerprint density at radius 2 is 2.00 bits per heavy atom. The number of benzene rings is 1. The van der Waals surface area contributed by atoms with Gasteiger partial charge in [0.2, 0.25) is 0 Å². The highest BCUT2D eigenvalue weighted by Gasteiger charge is 2.23. The lowest BCUT2D eigenvalue weighted by Crippen LogP contribution is -2.41. The monoisotopic (exact) mass is 354 g/mol. The van der Waals surface area contributed by atoms with Crippen molar-refractivity contribution in [2.24, 2.45) is 0 Å². The van der Waals surface area contributed by atoms with E-state index in [4.69, 9.17) is 4.74 Å². The van der Waals surface area contributed by atoms with Gasteiger partial charge in [0.1, 0.15) is 6.33 Å². The largest absolute Gasteiger partial charge is 0.376 e. The van der Waals surface area contributed by atoms with Crippen molar-refractivity contribution in [3.63, 3.8) is 0 Å². The number of amides is 1. The van der Waals surface area contributed by atoms with Gasteiger partial charge in [-0.05, 0) is 44.6 Å². The van der Waals surface area contributed by atoms with E-state index in [9.17, 15) is 4.79 Å². The molecule has 1 amide bonds. The summed E-state index contributed by atoms with van der Waals surface area (Å²) in [5.74, 6) is 0.0426. The number of rotatable bonds is 7. The lowest BCUT2D eigenvalue weighted by molar-refractivity contribution is 0.0512. The predicted octanol–water partition coefficient (Wildman–Crippen LogP) is 2.33. The van der Waals surface area contributed by atoms with E-state index in [0.29, 0.717) is 18.7 Å². The van der Waals surface area contributed by atoms with Gasteiger partial charge in [-0.1, -0.05) is 12.1 Å². The van der Waals surface area contributed by atoms with E-state index in [0.717, 1.165) is 37.1 Å². The maximum Gasteiger partial charge on any atom is 0.254 e. The highest BCUT2D eigenvalue weighted by molar-refractivity contribution is 5.95. The fraction of sp³-hybridized carbons (Fsp3) is 0.450. The van der Waals surface area contributed by atoms with Crippen LogP contribution in [-0.4, -0.2) is 72.1 Å². The average Bonchev–Trinajstić information content (AvgIpc) is 3.18. The Morgan fingerprint density at radius 1 is 1.19 bits per heavy atom. The summed E-state index contributed by atoms with van der Waals surface area (Å²) in [5.41, 5.74) is 2.53. The second kappa shape index (κ2) is 8.87. The molecule has 0 aliphatic carbocycles. The van der Waals surface area contributed by atoms with E-state index in [1.54, 1.807) is 12.4 Å². The average molecular weight is 354 g/mol. The first-order valence-corrected chi connectivity index (χ1v) is 9.04. The first kappa shape index (κ1) is 18.5. The highest BCUT2D eigenvalue weighted by atomic mass is 16.5. The van der Waals surface area contributed by atoms with Crippen molar-refractivity contribution < 1.29 is 9.53 Å². The maximum absolute atomic E-state index is 13.1. The van der Waals surface area contributed by atoms with Gasteiger partial charge < -0.3 is 14.5 Å². The lowest BCUT2D eigenvalue weighted by Gasteiger charge is -2.27. The second-order valence-corrected chi connectivity index (χ2v) is 6.90. The number of carbonyl (C=O) groups is 1. The second-order valence-electron chi connectivity index (χ2n) is 6.90. The normalized spacial score (nSPS) is 16.8. The summed E-state index contributed by atoms with van der Waals surface area (Å²) in [4.78, 5) is 25.3. The maximum atomic E-state index is 13.1. The Balaban J connectivity index is 1.78. The van der Waals surface area contributed by atoms with E-state index in [1.807, 2.05) is 43.3 Å². The molecule has 1 unspecified atom stereocenters. The van der Waals surface area contributed by atoms with E-state index in [1.165, 1.54) is 6.33 Å².